The van der Waals surface area contributed by atoms with Gasteiger partial charge in [0.05, 0.1) is 0 Å². The van der Waals surface area contributed by atoms with E-state index in [4.69, 9.17) is 0 Å². The fourth-order valence-electron chi connectivity index (χ4n) is 11.4. The van der Waals surface area contributed by atoms with E-state index in [0.717, 1.165) is 5.69 Å². The maximum atomic E-state index is 2.52. The van der Waals surface area contributed by atoms with Gasteiger partial charge in [0.25, 0.3) is 0 Å². The van der Waals surface area contributed by atoms with Crippen LogP contribution in [0.1, 0.15) is 68.6 Å². The van der Waals surface area contributed by atoms with Gasteiger partial charge in [0.15, 0.2) is 8.07 Å². The first-order chi connectivity index (χ1) is 32.0. The molecule has 0 aliphatic heterocycles. The predicted octanol–water partition coefficient (Wildman–Crippen LogP) is 14.2. The van der Waals surface area contributed by atoms with Crippen molar-refractivity contribution in [2.24, 2.45) is 0 Å². The van der Waals surface area contributed by atoms with Crippen LogP contribution in [0, 0.1) is 0 Å². The molecular weight excluding hydrogens is 799 g/mol. The van der Waals surface area contributed by atoms with Gasteiger partial charge in [-0.15, -0.1) is 0 Å². The zero-order valence-corrected chi connectivity index (χ0v) is 38.5. The molecule has 0 aromatic heterocycles. The topological polar surface area (TPSA) is 3.24 Å². The third-order valence-electron chi connectivity index (χ3n) is 14.6. The average Bonchev–Trinajstić information content (AvgIpc) is 3.61. The lowest BCUT2D eigenvalue weighted by molar-refractivity contribution is 0.444. The second kappa shape index (κ2) is 17.2. The highest BCUT2D eigenvalue weighted by Crippen LogP contribution is 2.52. The van der Waals surface area contributed by atoms with Gasteiger partial charge in [-0.1, -0.05) is 221 Å². The first kappa shape index (κ1) is 40.8. The zero-order valence-electron chi connectivity index (χ0n) is 37.5. The molecule has 1 nitrogen and oxygen atoms in total. The van der Waals surface area contributed by atoms with E-state index < -0.39 is 8.07 Å². The van der Waals surface area contributed by atoms with E-state index in [1.54, 1.807) is 0 Å². The molecule has 0 unspecified atom stereocenters. The summed E-state index contributed by atoms with van der Waals surface area (Å²) < 4.78 is 0. The largest absolute Gasteiger partial charge is 0.310 e. The van der Waals surface area contributed by atoms with Crippen LogP contribution in [0.4, 0.5) is 17.1 Å². The Labute approximate surface area is 386 Å². The summed E-state index contributed by atoms with van der Waals surface area (Å²) in [6.07, 6.45) is 6.46. The van der Waals surface area contributed by atoms with Crippen molar-refractivity contribution >= 4 is 45.9 Å². The van der Waals surface area contributed by atoms with Gasteiger partial charge in [-0.25, -0.2) is 0 Å². The van der Waals surface area contributed by atoms with Crippen molar-refractivity contribution < 1.29 is 0 Å². The second-order valence-electron chi connectivity index (χ2n) is 18.7. The predicted molar refractivity (Wildman–Crippen MR) is 279 cm³/mol. The molecule has 0 spiro atoms. The van der Waals surface area contributed by atoms with Crippen LogP contribution in [0.3, 0.4) is 0 Å². The third-order valence-corrected chi connectivity index (χ3v) is 19.4. The van der Waals surface area contributed by atoms with Gasteiger partial charge < -0.3 is 4.90 Å². The van der Waals surface area contributed by atoms with Gasteiger partial charge in [0.1, 0.15) is 0 Å². The van der Waals surface area contributed by atoms with E-state index in [-0.39, 0.29) is 5.41 Å². The van der Waals surface area contributed by atoms with Gasteiger partial charge in [-0.05, 0) is 132 Å². The normalized spacial score (nSPS) is 14.4. The average molecular weight is 854 g/mol. The van der Waals surface area contributed by atoms with E-state index in [0.29, 0.717) is 5.92 Å². The third kappa shape index (κ3) is 7.27. The summed E-state index contributed by atoms with van der Waals surface area (Å²) >= 11 is 0. The smallest absolute Gasteiger partial charge is 0.179 e. The highest BCUT2D eigenvalue weighted by Gasteiger charge is 2.41. The van der Waals surface area contributed by atoms with Crippen LogP contribution >= 0.6 is 0 Å². The lowest BCUT2D eigenvalue weighted by atomic mass is 9.80. The molecule has 65 heavy (non-hydrogen) atoms. The molecule has 1 saturated carbocycles. The Morgan fingerprint density at radius 2 is 0.862 bits per heavy atom. The Morgan fingerprint density at radius 3 is 1.45 bits per heavy atom. The van der Waals surface area contributed by atoms with Crippen LogP contribution < -0.4 is 25.6 Å². The Kier molecular flexibility index (Phi) is 10.8. The van der Waals surface area contributed by atoms with Crippen molar-refractivity contribution in [3.63, 3.8) is 0 Å². The molecule has 9 aromatic rings. The van der Waals surface area contributed by atoms with Crippen LogP contribution in [-0.4, -0.2) is 8.07 Å². The van der Waals surface area contributed by atoms with Crippen molar-refractivity contribution in [1.29, 1.82) is 0 Å². The van der Waals surface area contributed by atoms with Crippen LogP contribution in [0.25, 0.3) is 33.4 Å². The first-order valence-electron chi connectivity index (χ1n) is 23.6. The molecule has 11 rings (SSSR count). The molecule has 0 radical (unpaired) electrons. The molecule has 2 aliphatic rings. The molecule has 0 atom stereocenters. The summed E-state index contributed by atoms with van der Waals surface area (Å²) in [6.45, 7) is 4.80. The summed E-state index contributed by atoms with van der Waals surface area (Å²) in [5, 5.41) is 5.50. The number of hydrogen-bond donors (Lipinski definition) is 0. The molecular formula is C63H55NSi. The lowest BCUT2D eigenvalue weighted by Crippen LogP contribution is -2.74. The molecule has 9 aromatic carbocycles. The minimum atomic E-state index is -2.71. The molecule has 2 heteroatoms. The van der Waals surface area contributed by atoms with Gasteiger partial charge in [-0.2, -0.15) is 0 Å². The maximum Gasteiger partial charge on any atom is 0.179 e. The molecule has 0 saturated heterocycles. The van der Waals surface area contributed by atoms with Gasteiger partial charge in [-0.3, -0.25) is 0 Å². The van der Waals surface area contributed by atoms with E-state index in [9.17, 15) is 0 Å². The summed E-state index contributed by atoms with van der Waals surface area (Å²) in [4.78, 5) is 2.52. The maximum absolute atomic E-state index is 2.71. The quantitative estimate of drug-likeness (QED) is 0.0979. The highest BCUT2D eigenvalue weighted by molar-refractivity contribution is 7.19. The number of benzene rings is 9. The summed E-state index contributed by atoms with van der Waals surface area (Å²) in [6, 6.07) is 87.0. The van der Waals surface area contributed by atoms with Crippen LogP contribution in [-0.2, 0) is 5.41 Å². The Hall–Kier alpha value is -7.00. The monoisotopic (exact) mass is 853 g/mol. The number of nitrogens with zero attached hydrogens (tertiary/aromatic N) is 1. The fourth-order valence-corrected chi connectivity index (χ4v) is 16.1. The summed E-state index contributed by atoms with van der Waals surface area (Å²) in [5.74, 6) is 0.577. The van der Waals surface area contributed by atoms with Crippen molar-refractivity contribution in [2.45, 2.75) is 57.3 Å². The number of fused-ring (bicyclic) bond motifs is 3. The van der Waals surface area contributed by atoms with E-state index in [1.165, 1.54) is 114 Å². The zero-order chi connectivity index (χ0) is 43.8. The van der Waals surface area contributed by atoms with Crippen LogP contribution in [0.2, 0.25) is 0 Å². The van der Waals surface area contributed by atoms with Gasteiger partial charge in [0, 0.05) is 22.5 Å². The number of anilines is 3. The number of rotatable bonds is 10. The summed E-state index contributed by atoms with van der Waals surface area (Å²) in [5.41, 5.74) is 15.4. The molecule has 0 bridgehead atoms. The Balaban J connectivity index is 1.10. The van der Waals surface area contributed by atoms with Crippen molar-refractivity contribution in [2.75, 3.05) is 4.90 Å². The van der Waals surface area contributed by atoms with Gasteiger partial charge >= 0.3 is 0 Å². The van der Waals surface area contributed by atoms with E-state index in [2.05, 4.69) is 249 Å². The fraction of sp³-hybridized carbons (Fsp3) is 0.143. The minimum Gasteiger partial charge on any atom is -0.310 e. The van der Waals surface area contributed by atoms with Crippen LogP contribution in [0.15, 0.2) is 231 Å². The minimum absolute atomic E-state index is 0.169. The standard InChI is InChI=1S/C63H55NSi/c1-63(2)61-42-33-49(46-21-9-3-10-22-46)43-60(61)58-41-37-52(45-62(58)63)64(51-36-40-57(47-23-11-4-12-24-47)59(44-51)48-25-13-5-14-26-48)50-34-38-56(39-35-50)65(53-27-15-6-16-28-53,54-29-17-7-18-30-54)55-31-19-8-20-32-55/h3,5-10,13-22,25-45,47H,4,11-12,23-24H2,1-2H3. The van der Waals surface area contributed by atoms with Crippen molar-refractivity contribution in [3.8, 4) is 33.4 Å². The molecule has 0 amide bonds. The Morgan fingerprint density at radius 1 is 0.369 bits per heavy atom. The highest BCUT2D eigenvalue weighted by atomic mass is 28.3. The van der Waals surface area contributed by atoms with Gasteiger partial charge in [0.2, 0.25) is 0 Å². The molecule has 0 heterocycles. The molecule has 0 N–H and O–H groups in total. The summed E-state index contributed by atoms with van der Waals surface area (Å²) in [7, 11) is -2.71. The second-order valence-corrected chi connectivity index (χ2v) is 22.5. The van der Waals surface area contributed by atoms with Crippen molar-refractivity contribution in [3.05, 3.63) is 247 Å². The molecule has 2 aliphatic carbocycles. The number of hydrogen-bond acceptors (Lipinski definition) is 1. The van der Waals surface area contributed by atoms with E-state index >= 15 is 0 Å². The Bertz CT molecular complexity index is 2970. The van der Waals surface area contributed by atoms with Crippen LogP contribution in [0.5, 0.6) is 0 Å². The molecule has 316 valence electrons. The SMILES string of the molecule is CC1(C)c2ccc(-c3ccccc3)cc2-c2ccc(N(c3ccc([Si](c4ccccc4)(c4ccccc4)c4ccccc4)cc3)c3ccc(C4CCCCC4)c(-c4ccccc4)c3)cc21. The van der Waals surface area contributed by atoms with E-state index in [1.807, 2.05) is 0 Å². The molecule has 1 fully saturated rings. The van der Waals surface area contributed by atoms with Crippen molar-refractivity contribution in [1.82, 2.24) is 0 Å². The lowest BCUT2D eigenvalue weighted by Gasteiger charge is -2.35. The first-order valence-corrected chi connectivity index (χ1v) is 25.6.